The van der Waals surface area contributed by atoms with Gasteiger partial charge >= 0.3 is 0 Å². The largest absolute Gasteiger partial charge is 0.397 e. The molecule has 1 aromatic heterocycles. The molecule has 136 valence electrons. The molecule has 3 rings (SSSR count). The summed E-state index contributed by atoms with van der Waals surface area (Å²) in [7, 11) is 0. The molecule has 0 saturated carbocycles. The summed E-state index contributed by atoms with van der Waals surface area (Å²) >= 11 is 15.3. The van der Waals surface area contributed by atoms with E-state index in [1.807, 2.05) is 6.07 Å². The zero-order chi connectivity index (χ0) is 19.9. The Morgan fingerprint density at radius 1 is 1.30 bits per heavy atom. The van der Waals surface area contributed by atoms with E-state index in [4.69, 9.17) is 39.9 Å². The minimum absolute atomic E-state index is 0.0106. The van der Waals surface area contributed by atoms with Gasteiger partial charge in [0.15, 0.2) is 6.19 Å². The molecule has 1 unspecified atom stereocenters. The zero-order valence-electron chi connectivity index (χ0n) is 13.1. The third-order valence-corrected chi connectivity index (χ3v) is 5.32. The highest BCUT2D eigenvalue weighted by molar-refractivity contribution is 9.10. The highest BCUT2D eigenvalue weighted by Crippen LogP contribution is 2.45. The van der Waals surface area contributed by atoms with E-state index in [2.05, 4.69) is 36.5 Å². The Morgan fingerprint density at radius 2 is 2.00 bits per heavy atom. The van der Waals surface area contributed by atoms with Crippen molar-refractivity contribution < 1.29 is 4.39 Å². The molecule has 1 aliphatic rings. The predicted octanol–water partition coefficient (Wildman–Crippen LogP) is 3.27. The summed E-state index contributed by atoms with van der Waals surface area (Å²) in [5, 5.41) is 23.0. The summed E-state index contributed by atoms with van der Waals surface area (Å²) in [6, 6.07) is 2.13. The number of nitriles is 2. The molecule has 1 aromatic carbocycles. The Labute approximate surface area is 170 Å². The highest BCUT2D eigenvalue weighted by atomic mass is 79.9. The number of aromatic nitrogens is 1. The molecule has 0 aliphatic carbocycles. The number of nitrogens with one attached hydrogen (secondary N) is 2. The quantitative estimate of drug-likeness (QED) is 0.216. The van der Waals surface area contributed by atoms with Crippen LogP contribution in [0.5, 0.6) is 0 Å². The fourth-order valence-electron chi connectivity index (χ4n) is 2.62. The van der Waals surface area contributed by atoms with Crippen LogP contribution in [0.1, 0.15) is 22.7 Å². The lowest BCUT2D eigenvalue weighted by atomic mass is 9.94. The van der Waals surface area contributed by atoms with Crippen molar-refractivity contribution in [2.45, 2.75) is 6.04 Å². The van der Waals surface area contributed by atoms with E-state index in [1.165, 1.54) is 6.07 Å². The molecule has 6 N–H and O–H groups in total. The van der Waals surface area contributed by atoms with Crippen LogP contribution in [0.15, 0.2) is 15.5 Å². The van der Waals surface area contributed by atoms with Crippen LogP contribution in [-0.2, 0) is 0 Å². The Kier molecular flexibility index (Phi) is 4.98. The maximum absolute atomic E-state index is 14.9. The maximum Gasteiger partial charge on any atom is 0.211 e. The summed E-state index contributed by atoms with van der Waals surface area (Å²) in [6.07, 6.45) is 1.70. The Balaban J connectivity index is 2.36. The number of fused-ring (bicyclic) bond motifs is 1. The number of aliphatic imine (C=N–C) groups is 1. The van der Waals surface area contributed by atoms with Crippen LogP contribution < -0.4 is 22.1 Å². The molecule has 1 aliphatic heterocycles. The van der Waals surface area contributed by atoms with E-state index in [9.17, 15) is 9.65 Å². The van der Waals surface area contributed by atoms with Crippen LogP contribution in [0.25, 0.3) is 0 Å². The first-order valence-electron chi connectivity index (χ1n) is 7.11. The summed E-state index contributed by atoms with van der Waals surface area (Å²) in [5.41, 5.74) is 11.8. The van der Waals surface area contributed by atoms with E-state index in [-0.39, 0.29) is 54.5 Å². The minimum Gasteiger partial charge on any atom is -0.397 e. The van der Waals surface area contributed by atoms with Crippen LogP contribution in [0.4, 0.5) is 21.7 Å². The van der Waals surface area contributed by atoms with Gasteiger partial charge in [-0.1, -0.05) is 23.2 Å². The zero-order valence-corrected chi connectivity index (χ0v) is 16.2. The number of anilines is 3. The van der Waals surface area contributed by atoms with E-state index in [0.29, 0.717) is 0 Å². The molecule has 0 spiro atoms. The van der Waals surface area contributed by atoms with E-state index in [1.54, 1.807) is 6.19 Å². The van der Waals surface area contributed by atoms with Crippen LogP contribution in [0, 0.1) is 28.6 Å². The molecular formula is C15H8BrCl2FN8. The van der Waals surface area contributed by atoms with E-state index >= 15 is 0 Å². The number of halogens is 4. The van der Waals surface area contributed by atoms with Gasteiger partial charge in [-0.15, -0.1) is 0 Å². The number of nitrogens with zero attached hydrogens (tertiary/aromatic N) is 4. The molecule has 2 aromatic rings. The number of guanidine groups is 1. The average Bonchev–Trinajstić information content (AvgIpc) is 2.60. The molecule has 0 radical (unpaired) electrons. The average molecular weight is 470 g/mol. The topological polar surface area (TPSA) is 149 Å². The second-order valence-electron chi connectivity index (χ2n) is 5.28. The van der Waals surface area contributed by atoms with Crippen molar-refractivity contribution in [2.24, 2.45) is 4.99 Å². The lowest BCUT2D eigenvalue weighted by Crippen LogP contribution is -2.33. The van der Waals surface area contributed by atoms with Crippen molar-refractivity contribution in [3.05, 3.63) is 43.1 Å². The Hall–Kier alpha value is -2.79. The third kappa shape index (κ3) is 3.08. The van der Waals surface area contributed by atoms with Gasteiger partial charge in [-0.05, 0) is 22.0 Å². The first kappa shape index (κ1) is 19.0. The molecule has 0 saturated heterocycles. The molecular weight excluding hydrogens is 462 g/mol. The summed E-state index contributed by atoms with van der Waals surface area (Å²) in [6.45, 7) is 0. The molecule has 8 nitrogen and oxygen atoms in total. The van der Waals surface area contributed by atoms with Crippen molar-refractivity contribution in [3.8, 4) is 12.3 Å². The SMILES string of the molecule is N#CNC1=NC(c2c(Cl)cc(Br)c(Cl)c2F)c2c(nc(N)c(C#N)c2N)N1. The lowest BCUT2D eigenvalue weighted by Gasteiger charge is -2.27. The highest BCUT2D eigenvalue weighted by Gasteiger charge is 2.33. The fraction of sp³-hybridized carbons (Fsp3) is 0.0667. The minimum atomic E-state index is -1.13. The number of benzene rings is 1. The molecule has 1 atom stereocenters. The smallest absolute Gasteiger partial charge is 0.211 e. The molecule has 2 heterocycles. The van der Waals surface area contributed by atoms with Gasteiger partial charge < -0.3 is 16.8 Å². The second-order valence-corrected chi connectivity index (χ2v) is 6.92. The van der Waals surface area contributed by atoms with Crippen molar-refractivity contribution in [1.82, 2.24) is 10.3 Å². The van der Waals surface area contributed by atoms with Gasteiger partial charge in [-0.3, -0.25) is 5.32 Å². The standard InChI is InChI=1S/C15H8BrCl2FN8/c16-5-1-6(17)7(10(19)9(5)18)12-8-11(22)4(2-20)13(23)26-14(8)27-15(25-12)24-3-21/h1,12H,(H6,22,23,24,25,26,27). The molecule has 0 bridgehead atoms. The lowest BCUT2D eigenvalue weighted by molar-refractivity contribution is 0.599. The van der Waals surface area contributed by atoms with Crippen molar-refractivity contribution in [3.63, 3.8) is 0 Å². The number of nitrogens with two attached hydrogens (primary N) is 2. The van der Waals surface area contributed by atoms with Crippen LogP contribution in [-0.4, -0.2) is 10.9 Å². The number of pyridine rings is 1. The van der Waals surface area contributed by atoms with Crippen LogP contribution in [0.2, 0.25) is 10.0 Å². The van der Waals surface area contributed by atoms with Crippen LogP contribution >= 0.6 is 39.1 Å². The van der Waals surface area contributed by atoms with E-state index in [0.717, 1.165) is 0 Å². The normalized spacial score (nSPS) is 15.0. The summed E-state index contributed by atoms with van der Waals surface area (Å²) < 4.78 is 15.2. The first-order valence-corrected chi connectivity index (χ1v) is 8.66. The fourth-order valence-corrected chi connectivity index (χ4v) is 3.61. The van der Waals surface area contributed by atoms with Gasteiger partial charge in [-0.2, -0.15) is 10.5 Å². The van der Waals surface area contributed by atoms with Crippen molar-refractivity contribution in [1.29, 1.82) is 10.5 Å². The van der Waals surface area contributed by atoms with Crippen molar-refractivity contribution in [2.75, 3.05) is 16.8 Å². The predicted molar refractivity (Wildman–Crippen MR) is 104 cm³/mol. The van der Waals surface area contributed by atoms with Crippen LogP contribution in [0.3, 0.4) is 0 Å². The summed E-state index contributed by atoms with van der Waals surface area (Å²) in [4.78, 5) is 8.32. The number of rotatable bonds is 1. The van der Waals surface area contributed by atoms with Gasteiger partial charge in [0.05, 0.1) is 15.7 Å². The molecule has 0 fully saturated rings. The maximum atomic E-state index is 14.9. The van der Waals surface area contributed by atoms with Gasteiger partial charge in [-0.25, -0.2) is 14.4 Å². The second kappa shape index (κ2) is 7.08. The van der Waals surface area contributed by atoms with Gasteiger partial charge in [0, 0.05) is 15.6 Å². The van der Waals surface area contributed by atoms with Gasteiger partial charge in [0.1, 0.15) is 35.1 Å². The Morgan fingerprint density at radius 3 is 2.63 bits per heavy atom. The first-order chi connectivity index (χ1) is 12.8. The molecule has 27 heavy (non-hydrogen) atoms. The number of hydrogen-bond donors (Lipinski definition) is 4. The Bertz CT molecular complexity index is 1090. The molecule has 12 heteroatoms. The third-order valence-electron chi connectivity index (χ3n) is 3.78. The number of hydrogen-bond acceptors (Lipinski definition) is 8. The van der Waals surface area contributed by atoms with Crippen molar-refractivity contribution >= 4 is 62.4 Å². The van der Waals surface area contributed by atoms with Gasteiger partial charge in [0.25, 0.3) is 0 Å². The van der Waals surface area contributed by atoms with E-state index < -0.39 is 11.9 Å². The van der Waals surface area contributed by atoms with Gasteiger partial charge in [0.2, 0.25) is 5.96 Å². The monoisotopic (exact) mass is 468 g/mol. The summed E-state index contributed by atoms with van der Waals surface area (Å²) in [5.74, 6) is -0.876. The molecule has 0 amide bonds. The number of nitrogen functional groups attached to an aromatic ring is 2.